The number of aromatic nitrogens is 2. The predicted octanol–water partition coefficient (Wildman–Crippen LogP) is 2.80. The van der Waals surface area contributed by atoms with Crippen LogP contribution in [0.25, 0.3) is 10.9 Å². The fraction of sp³-hybridized carbons (Fsp3) is 0.364. The molecule has 0 fully saturated rings. The molecule has 1 N–H and O–H groups in total. The third-order valence-corrected chi connectivity index (χ3v) is 3.00. The second-order valence-corrected chi connectivity index (χ2v) is 4.07. The zero-order valence-electron chi connectivity index (χ0n) is 8.83. The van der Waals surface area contributed by atoms with Crippen LogP contribution < -0.4 is 5.32 Å². The number of halogens is 3. The van der Waals surface area contributed by atoms with Gasteiger partial charge in [-0.3, -0.25) is 0 Å². The lowest BCUT2D eigenvalue weighted by atomic mass is 10.1. The maximum atomic E-state index is 13.0. The molecule has 2 heterocycles. The van der Waals surface area contributed by atoms with Gasteiger partial charge in [0.15, 0.2) is 0 Å². The first-order valence-corrected chi connectivity index (χ1v) is 5.36. The Labute approximate surface area is 95.2 Å². The van der Waals surface area contributed by atoms with E-state index in [1.165, 1.54) is 16.8 Å². The van der Waals surface area contributed by atoms with E-state index >= 15 is 0 Å². The smallest absolute Gasteiger partial charge is 0.260 e. The van der Waals surface area contributed by atoms with Gasteiger partial charge in [0.1, 0.15) is 17.7 Å². The number of nitrogens with one attached hydrogen (secondary N) is 1. The molecule has 0 spiro atoms. The van der Waals surface area contributed by atoms with Crippen LogP contribution in [0.15, 0.2) is 18.2 Å². The minimum absolute atomic E-state index is 0.321. The summed E-state index contributed by atoms with van der Waals surface area (Å²) in [6.07, 6.45) is -2.14. The van der Waals surface area contributed by atoms with Crippen LogP contribution in [0, 0.1) is 5.82 Å². The van der Waals surface area contributed by atoms with Gasteiger partial charge >= 0.3 is 0 Å². The van der Waals surface area contributed by atoms with E-state index in [0.29, 0.717) is 29.7 Å². The van der Waals surface area contributed by atoms with Crippen molar-refractivity contribution in [2.75, 3.05) is 11.9 Å². The summed E-state index contributed by atoms with van der Waals surface area (Å²) in [7, 11) is 0. The molecule has 1 atom stereocenters. The molecular weight excluding hydrogens is 231 g/mol. The molecule has 0 radical (unpaired) electrons. The molecule has 1 aromatic carbocycles. The highest BCUT2D eigenvalue weighted by Gasteiger charge is 2.29. The van der Waals surface area contributed by atoms with Crippen molar-refractivity contribution in [3.8, 4) is 0 Å². The average Bonchev–Trinajstić information content (AvgIpc) is 2.65. The largest absolute Gasteiger partial charge is 0.370 e. The molecule has 6 heteroatoms. The van der Waals surface area contributed by atoms with Gasteiger partial charge in [-0.2, -0.15) is 5.10 Å². The molecule has 1 aliphatic rings. The lowest BCUT2D eigenvalue weighted by Gasteiger charge is -2.24. The quantitative estimate of drug-likeness (QED) is 0.832. The highest BCUT2D eigenvalue weighted by atomic mass is 19.3. The Hall–Kier alpha value is -1.72. The number of alkyl halides is 2. The van der Waals surface area contributed by atoms with Crippen molar-refractivity contribution < 1.29 is 13.2 Å². The molecule has 0 aliphatic carbocycles. The Balaban J connectivity index is 2.21. The van der Waals surface area contributed by atoms with Crippen molar-refractivity contribution in [2.24, 2.45) is 0 Å². The molecule has 2 aromatic rings. The number of fused-ring (bicyclic) bond motifs is 3. The summed E-state index contributed by atoms with van der Waals surface area (Å²) in [5, 5.41) is 7.76. The molecule has 17 heavy (non-hydrogen) atoms. The summed E-state index contributed by atoms with van der Waals surface area (Å²) >= 11 is 0. The highest BCUT2D eigenvalue weighted by Crippen LogP contribution is 2.33. The van der Waals surface area contributed by atoms with Crippen molar-refractivity contribution in [1.82, 2.24) is 9.78 Å². The van der Waals surface area contributed by atoms with Gasteiger partial charge in [-0.05, 0) is 18.6 Å². The number of hydrogen-bond acceptors (Lipinski definition) is 2. The van der Waals surface area contributed by atoms with Gasteiger partial charge in [-0.25, -0.2) is 17.9 Å². The van der Waals surface area contributed by atoms with Crippen LogP contribution in [0.1, 0.15) is 12.5 Å². The van der Waals surface area contributed by atoms with Crippen LogP contribution in [-0.2, 0) is 0 Å². The van der Waals surface area contributed by atoms with Gasteiger partial charge in [0.25, 0.3) is 6.43 Å². The SMILES string of the molecule is Fc1ccc2c3n(nc2c1)C(C(F)F)CCN3. The van der Waals surface area contributed by atoms with Crippen molar-refractivity contribution in [2.45, 2.75) is 18.9 Å². The third-order valence-electron chi connectivity index (χ3n) is 3.00. The summed E-state index contributed by atoms with van der Waals surface area (Å²) in [6, 6.07) is 3.19. The van der Waals surface area contributed by atoms with Gasteiger partial charge < -0.3 is 5.32 Å². The maximum absolute atomic E-state index is 13.0. The van der Waals surface area contributed by atoms with E-state index in [0.717, 1.165) is 0 Å². The van der Waals surface area contributed by atoms with E-state index in [1.807, 2.05) is 0 Å². The Morgan fingerprint density at radius 1 is 1.41 bits per heavy atom. The minimum Gasteiger partial charge on any atom is -0.370 e. The zero-order valence-corrected chi connectivity index (χ0v) is 8.83. The molecule has 0 bridgehead atoms. The first-order valence-electron chi connectivity index (χ1n) is 5.36. The summed E-state index contributed by atoms with van der Waals surface area (Å²) in [4.78, 5) is 0. The summed E-state index contributed by atoms with van der Waals surface area (Å²) in [5.74, 6) is 0.137. The number of benzene rings is 1. The fourth-order valence-corrected chi connectivity index (χ4v) is 2.19. The second-order valence-electron chi connectivity index (χ2n) is 4.07. The zero-order chi connectivity index (χ0) is 12.0. The molecule has 0 saturated heterocycles. The lowest BCUT2D eigenvalue weighted by molar-refractivity contribution is 0.0719. The molecule has 1 aliphatic heterocycles. The van der Waals surface area contributed by atoms with Crippen molar-refractivity contribution in [1.29, 1.82) is 0 Å². The normalized spacial score (nSPS) is 19.4. The molecule has 90 valence electrons. The van der Waals surface area contributed by atoms with Crippen LogP contribution in [0.2, 0.25) is 0 Å². The van der Waals surface area contributed by atoms with Crippen molar-refractivity contribution in [3.05, 3.63) is 24.0 Å². The predicted molar refractivity (Wildman–Crippen MR) is 57.8 cm³/mol. The van der Waals surface area contributed by atoms with E-state index in [4.69, 9.17) is 0 Å². The van der Waals surface area contributed by atoms with E-state index in [1.54, 1.807) is 6.07 Å². The van der Waals surface area contributed by atoms with Crippen molar-refractivity contribution in [3.63, 3.8) is 0 Å². The molecule has 0 amide bonds. The fourth-order valence-electron chi connectivity index (χ4n) is 2.19. The standard InChI is InChI=1S/C11H10F3N3/c12-6-1-2-7-8(5-6)16-17-9(10(13)14)3-4-15-11(7)17/h1-2,5,9-10,15H,3-4H2. The molecule has 0 saturated carbocycles. The monoisotopic (exact) mass is 241 g/mol. The van der Waals surface area contributed by atoms with E-state index < -0.39 is 18.3 Å². The van der Waals surface area contributed by atoms with E-state index in [-0.39, 0.29) is 0 Å². The number of nitrogens with zero attached hydrogens (tertiary/aromatic N) is 2. The number of rotatable bonds is 1. The Morgan fingerprint density at radius 3 is 3.00 bits per heavy atom. The van der Waals surface area contributed by atoms with Crippen molar-refractivity contribution >= 4 is 16.7 Å². The Kier molecular flexibility index (Phi) is 2.24. The number of anilines is 1. The maximum Gasteiger partial charge on any atom is 0.260 e. The minimum atomic E-state index is -2.46. The summed E-state index contributed by atoms with van der Waals surface area (Å²) in [6.45, 7) is 0.479. The molecular formula is C11H10F3N3. The second kappa shape index (κ2) is 3.65. The summed E-state index contributed by atoms with van der Waals surface area (Å²) in [5.41, 5.74) is 0.403. The average molecular weight is 241 g/mol. The topological polar surface area (TPSA) is 29.9 Å². The van der Waals surface area contributed by atoms with Gasteiger partial charge in [0.05, 0.1) is 5.52 Å². The van der Waals surface area contributed by atoms with Gasteiger partial charge in [-0.15, -0.1) is 0 Å². The Bertz CT molecular complexity index is 564. The van der Waals surface area contributed by atoms with Crippen LogP contribution in [0.4, 0.5) is 19.0 Å². The molecule has 1 unspecified atom stereocenters. The molecule has 3 rings (SSSR count). The van der Waals surface area contributed by atoms with Gasteiger partial charge in [0, 0.05) is 18.0 Å². The van der Waals surface area contributed by atoms with Gasteiger partial charge in [-0.1, -0.05) is 0 Å². The first kappa shape index (κ1) is 10.4. The van der Waals surface area contributed by atoms with Crippen LogP contribution >= 0.6 is 0 Å². The van der Waals surface area contributed by atoms with Crippen LogP contribution in [0.3, 0.4) is 0 Å². The van der Waals surface area contributed by atoms with Gasteiger partial charge in [0.2, 0.25) is 0 Å². The lowest BCUT2D eigenvalue weighted by Crippen LogP contribution is -2.28. The molecule has 3 nitrogen and oxygen atoms in total. The van der Waals surface area contributed by atoms with E-state index in [2.05, 4.69) is 10.4 Å². The van der Waals surface area contributed by atoms with E-state index in [9.17, 15) is 13.2 Å². The highest BCUT2D eigenvalue weighted by molar-refractivity contribution is 5.90. The van der Waals surface area contributed by atoms with Crippen LogP contribution in [-0.4, -0.2) is 22.8 Å². The number of hydrogen-bond donors (Lipinski definition) is 1. The molecule has 1 aromatic heterocycles. The third kappa shape index (κ3) is 1.55. The first-order chi connectivity index (χ1) is 8.16. The Morgan fingerprint density at radius 2 is 2.24 bits per heavy atom. The van der Waals surface area contributed by atoms with Crippen LogP contribution in [0.5, 0.6) is 0 Å². The summed E-state index contributed by atoms with van der Waals surface area (Å²) < 4.78 is 40.0.